The Kier molecular flexibility index (Phi) is 10.3. The van der Waals surface area contributed by atoms with Gasteiger partial charge in [-0.3, -0.25) is 4.98 Å². The molecule has 1 aromatic rings. The SMILES string of the molecule is CCCCCCCC(CCCCCC)c1cccnc1. The molecule has 1 aromatic heterocycles. The van der Waals surface area contributed by atoms with Crippen LogP contribution >= 0.6 is 0 Å². The third kappa shape index (κ3) is 7.67. The zero-order valence-corrected chi connectivity index (χ0v) is 13.6. The van der Waals surface area contributed by atoms with Crippen LogP contribution in [0.15, 0.2) is 24.5 Å². The fourth-order valence-electron chi connectivity index (χ4n) is 2.91. The molecule has 0 N–H and O–H groups in total. The van der Waals surface area contributed by atoms with Gasteiger partial charge in [0, 0.05) is 12.4 Å². The smallest absolute Gasteiger partial charge is 0.0302 e. The molecule has 0 amide bonds. The fourth-order valence-corrected chi connectivity index (χ4v) is 2.91. The number of aromatic nitrogens is 1. The largest absolute Gasteiger partial charge is 0.264 e. The Hall–Kier alpha value is -0.850. The fraction of sp³-hybridized carbons (Fsp3) is 0.737. The Morgan fingerprint density at radius 3 is 2.00 bits per heavy atom. The molecule has 1 rings (SSSR count). The van der Waals surface area contributed by atoms with E-state index in [0.29, 0.717) is 0 Å². The highest BCUT2D eigenvalue weighted by atomic mass is 14.6. The van der Waals surface area contributed by atoms with Crippen LogP contribution in [-0.4, -0.2) is 4.98 Å². The average Bonchev–Trinajstić information content (AvgIpc) is 2.50. The van der Waals surface area contributed by atoms with Gasteiger partial charge in [-0.25, -0.2) is 0 Å². The van der Waals surface area contributed by atoms with Crippen LogP contribution in [0.2, 0.25) is 0 Å². The van der Waals surface area contributed by atoms with E-state index in [9.17, 15) is 0 Å². The van der Waals surface area contributed by atoms with Crippen molar-refractivity contribution in [2.45, 2.75) is 90.4 Å². The quantitative estimate of drug-likeness (QED) is 0.397. The third-order valence-electron chi connectivity index (χ3n) is 4.22. The van der Waals surface area contributed by atoms with Gasteiger partial charge in [-0.1, -0.05) is 77.7 Å². The van der Waals surface area contributed by atoms with Gasteiger partial charge >= 0.3 is 0 Å². The minimum absolute atomic E-state index is 0.738. The van der Waals surface area contributed by atoms with Crippen molar-refractivity contribution in [3.8, 4) is 0 Å². The topological polar surface area (TPSA) is 12.9 Å². The van der Waals surface area contributed by atoms with Gasteiger partial charge in [0.15, 0.2) is 0 Å². The second-order valence-electron chi connectivity index (χ2n) is 6.04. The lowest BCUT2D eigenvalue weighted by Gasteiger charge is -2.17. The highest BCUT2D eigenvalue weighted by Crippen LogP contribution is 2.28. The maximum atomic E-state index is 4.31. The molecule has 0 aromatic carbocycles. The Bertz CT molecular complexity index is 307. The standard InChI is InChI=1S/C19H33N/c1-3-5-7-9-11-14-18(13-10-8-6-4-2)19-15-12-16-20-17-19/h12,15-18H,3-11,13-14H2,1-2H3. The van der Waals surface area contributed by atoms with Crippen LogP contribution in [0.3, 0.4) is 0 Å². The summed E-state index contributed by atoms with van der Waals surface area (Å²) in [6.45, 7) is 4.57. The van der Waals surface area contributed by atoms with Crippen LogP contribution in [0.5, 0.6) is 0 Å². The molecular weight excluding hydrogens is 242 g/mol. The number of unbranched alkanes of at least 4 members (excludes halogenated alkanes) is 7. The molecule has 0 aliphatic rings. The van der Waals surface area contributed by atoms with E-state index in [1.165, 1.54) is 76.2 Å². The first-order valence-electron chi connectivity index (χ1n) is 8.78. The van der Waals surface area contributed by atoms with Crippen molar-refractivity contribution in [3.05, 3.63) is 30.1 Å². The van der Waals surface area contributed by atoms with Crippen molar-refractivity contribution >= 4 is 0 Å². The van der Waals surface area contributed by atoms with Crippen molar-refractivity contribution in [1.82, 2.24) is 4.98 Å². The first-order valence-corrected chi connectivity index (χ1v) is 8.78. The normalized spacial score (nSPS) is 12.5. The van der Waals surface area contributed by atoms with Crippen LogP contribution in [0, 0.1) is 0 Å². The Labute approximate surface area is 126 Å². The van der Waals surface area contributed by atoms with Gasteiger partial charge < -0.3 is 0 Å². The molecule has 0 fully saturated rings. The average molecular weight is 275 g/mol. The van der Waals surface area contributed by atoms with Crippen LogP contribution in [0.25, 0.3) is 0 Å². The summed E-state index contributed by atoms with van der Waals surface area (Å²) >= 11 is 0. The number of pyridine rings is 1. The summed E-state index contributed by atoms with van der Waals surface area (Å²) in [6.07, 6.45) is 19.1. The lowest BCUT2D eigenvalue weighted by Crippen LogP contribution is -2.00. The van der Waals surface area contributed by atoms with Gasteiger partial charge in [0.1, 0.15) is 0 Å². The Morgan fingerprint density at radius 1 is 0.850 bits per heavy atom. The van der Waals surface area contributed by atoms with Crippen LogP contribution in [0.4, 0.5) is 0 Å². The predicted molar refractivity (Wildman–Crippen MR) is 89.1 cm³/mol. The van der Waals surface area contributed by atoms with Gasteiger partial charge in [-0.15, -0.1) is 0 Å². The summed E-state index contributed by atoms with van der Waals surface area (Å²) in [4.78, 5) is 4.31. The second kappa shape index (κ2) is 11.9. The van der Waals surface area contributed by atoms with E-state index in [1.807, 2.05) is 6.20 Å². The molecular formula is C19H33N. The Balaban J connectivity index is 2.35. The number of hydrogen-bond acceptors (Lipinski definition) is 1. The summed E-state index contributed by atoms with van der Waals surface area (Å²) < 4.78 is 0. The molecule has 0 aliphatic heterocycles. The zero-order chi connectivity index (χ0) is 14.5. The minimum atomic E-state index is 0.738. The summed E-state index contributed by atoms with van der Waals surface area (Å²) in [5.41, 5.74) is 1.46. The van der Waals surface area contributed by atoms with Gasteiger partial charge in [-0.2, -0.15) is 0 Å². The van der Waals surface area contributed by atoms with E-state index in [0.717, 1.165) is 5.92 Å². The van der Waals surface area contributed by atoms with Crippen molar-refractivity contribution in [1.29, 1.82) is 0 Å². The molecule has 0 aliphatic carbocycles. The molecule has 1 nitrogen and oxygen atoms in total. The zero-order valence-electron chi connectivity index (χ0n) is 13.6. The number of hydrogen-bond donors (Lipinski definition) is 0. The summed E-state index contributed by atoms with van der Waals surface area (Å²) in [7, 11) is 0. The van der Waals surface area contributed by atoms with Crippen LogP contribution in [-0.2, 0) is 0 Å². The summed E-state index contributed by atoms with van der Waals surface area (Å²) in [6, 6.07) is 4.36. The molecule has 0 radical (unpaired) electrons. The third-order valence-corrected chi connectivity index (χ3v) is 4.22. The van der Waals surface area contributed by atoms with Crippen molar-refractivity contribution in [3.63, 3.8) is 0 Å². The molecule has 1 heterocycles. The second-order valence-corrected chi connectivity index (χ2v) is 6.04. The summed E-state index contributed by atoms with van der Waals surface area (Å²) in [5, 5.41) is 0. The molecule has 0 spiro atoms. The predicted octanol–water partition coefficient (Wildman–Crippen LogP) is 6.50. The summed E-state index contributed by atoms with van der Waals surface area (Å²) in [5.74, 6) is 0.738. The first-order chi connectivity index (χ1) is 9.88. The Morgan fingerprint density at radius 2 is 1.45 bits per heavy atom. The molecule has 20 heavy (non-hydrogen) atoms. The maximum absolute atomic E-state index is 4.31. The monoisotopic (exact) mass is 275 g/mol. The van der Waals surface area contributed by atoms with E-state index >= 15 is 0 Å². The molecule has 0 saturated carbocycles. The lowest BCUT2D eigenvalue weighted by molar-refractivity contribution is 0.492. The van der Waals surface area contributed by atoms with E-state index < -0.39 is 0 Å². The van der Waals surface area contributed by atoms with Crippen LogP contribution in [0.1, 0.15) is 96.0 Å². The van der Waals surface area contributed by atoms with Crippen molar-refractivity contribution in [2.75, 3.05) is 0 Å². The van der Waals surface area contributed by atoms with E-state index in [2.05, 4.69) is 37.2 Å². The first kappa shape index (κ1) is 17.2. The highest BCUT2D eigenvalue weighted by molar-refractivity contribution is 5.14. The van der Waals surface area contributed by atoms with Crippen LogP contribution < -0.4 is 0 Å². The van der Waals surface area contributed by atoms with Gasteiger partial charge in [0.25, 0.3) is 0 Å². The number of rotatable bonds is 12. The molecule has 0 saturated heterocycles. The molecule has 1 atom stereocenters. The number of nitrogens with zero attached hydrogens (tertiary/aromatic N) is 1. The molecule has 0 bridgehead atoms. The van der Waals surface area contributed by atoms with Crippen molar-refractivity contribution < 1.29 is 0 Å². The molecule has 1 heteroatoms. The molecule has 1 unspecified atom stereocenters. The van der Waals surface area contributed by atoms with Gasteiger partial charge in [0.2, 0.25) is 0 Å². The highest BCUT2D eigenvalue weighted by Gasteiger charge is 2.11. The van der Waals surface area contributed by atoms with E-state index in [-0.39, 0.29) is 0 Å². The minimum Gasteiger partial charge on any atom is -0.264 e. The lowest BCUT2D eigenvalue weighted by atomic mass is 9.89. The molecule has 114 valence electrons. The van der Waals surface area contributed by atoms with Gasteiger partial charge in [0.05, 0.1) is 0 Å². The van der Waals surface area contributed by atoms with E-state index in [1.54, 1.807) is 0 Å². The van der Waals surface area contributed by atoms with E-state index in [4.69, 9.17) is 0 Å². The van der Waals surface area contributed by atoms with Gasteiger partial charge in [-0.05, 0) is 30.4 Å². The maximum Gasteiger partial charge on any atom is 0.0302 e. The van der Waals surface area contributed by atoms with Crippen molar-refractivity contribution in [2.24, 2.45) is 0 Å².